The van der Waals surface area contributed by atoms with Gasteiger partial charge in [0.1, 0.15) is 0 Å². The van der Waals surface area contributed by atoms with Crippen LogP contribution in [0.15, 0.2) is 0 Å². The van der Waals surface area contributed by atoms with Crippen LogP contribution in [-0.4, -0.2) is 24.0 Å². The normalized spacial score (nSPS) is 43.7. The predicted molar refractivity (Wildman–Crippen MR) is 38.4 cm³/mol. The molecule has 1 unspecified atom stereocenters. The Morgan fingerprint density at radius 1 is 1.22 bits per heavy atom. The lowest BCUT2D eigenvalue weighted by Crippen LogP contribution is -2.52. The van der Waals surface area contributed by atoms with Gasteiger partial charge in [-0.05, 0) is 31.7 Å². The van der Waals surface area contributed by atoms with Gasteiger partial charge < -0.3 is 4.90 Å². The van der Waals surface area contributed by atoms with Crippen LogP contribution in [0, 0.1) is 5.92 Å². The molecular weight excluding hydrogens is 110 g/mol. The Morgan fingerprint density at radius 3 is 2.56 bits per heavy atom. The molecule has 2 rings (SSSR count). The summed E-state index contributed by atoms with van der Waals surface area (Å²) < 4.78 is 0. The van der Waals surface area contributed by atoms with E-state index in [1.807, 2.05) is 0 Å². The van der Waals surface area contributed by atoms with E-state index in [0.29, 0.717) is 0 Å². The van der Waals surface area contributed by atoms with Gasteiger partial charge in [0.05, 0.1) is 0 Å². The highest BCUT2D eigenvalue weighted by molar-refractivity contribution is 4.87. The SMILES string of the molecule is C[C@H]1CCC2CCN2C1. The zero-order chi connectivity index (χ0) is 6.27. The average molecular weight is 125 g/mol. The van der Waals surface area contributed by atoms with Crippen LogP contribution in [0.5, 0.6) is 0 Å². The quantitative estimate of drug-likeness (QED) is 0.474. The largest absolute Gasteiger partial charge is 0.300 e. The van der Waals surface area contributed by atoms with Gasteiger partial charge in [-0.15, -0.1) is 0 Å². The summed E-state index contributed by atoms with van der Waals surface area (Å²) in [5.74, 6) is 0.974. The maximum absolute atomic E-state index is 2.63. The van der Waals surface area contributed by atoms with Crippen LogP contribution in [0.2, 0.25) is 0 Å². The third-order valence-corrected chi connectivity index (χ3v) is 2.80. The van der Waals surface area contributed by atoms with Crippen LogP contribution in [0.4, 0.5) is 0 Å². The summed E-state index contributed by atoms with van der Waals surface area (Å²) in [5.41, 5.74) is 0. The van der Waals surface area contributed by atoms with Crippen molar-refractivity contribution in [1.82, 2.24) is 4.90 Å². The number of nitrogens with zero attached hydrogens (tertiary/aromatic N) is 1. The number of hydrogen-bond donors (Lipinski definition) is 0. The average Bonchev–Trinajstić information content (AvgIpc) is 1.78. The molecule has 2 aliphatic rings. The first-order valence-electron chi connectivity index (χ1n) is 4.10. The van der Waals surface area contributed by atoms with Crippen molar-refractivity contribution in [3.8, 4) is 0 Å². The zero-order valence-corrected chi connectivity index (χ0v) is 6.14. The molecule has 0 aromatic rings. The van der Waals surface area contributed by atoms with Gasteiger partial charge in [0, 0.05) is 12.6 Å². The maximum atomic E-state index is 2.63. The van der Waals surface area contributed by atoms with Crippen LogP contribution in [0.1, 0.15) is 26.2 Å². The fourth-order valence-corrected chi connectivity index (χ4v) is 2.03. The van der Waals surface area contributed by atoms with Gasteiger partial charge in [-0.1, -0.05) is 6.92 Å². The number of rotatable bonds is 0. The summed E-state index contributed by atoms with van der Waals surface area (Å²) in [7, 11) is 0. The van der Waals surface area contributed by atoms with E-state index in [1.54, 1.807) is 0 Å². The Morgan fingerprint density at radius 2 is 2.11 bits per heavy atom. The number of fused-ring (bicyclic) bond motifs is 1. The maximum Gasteiger partial charge on any atom is 0.0108 e. The standard InChI is InChI=1S/C8H15N/c1-7-2-3-8-4-5-9(8)6-7/h7-8H,2-6H2,1H3/t7-,8?/m0/s1. The predicted octanol–water partition coefficient (Wildman–Crippen LogP) is 1.49. The molecule has 0 aromatic heterocycles. The molecule has 0 N–H and O–H groups in total. The van der Waals surface area contributed by atoms with Crippen molar-refractivity contribution >= 4 is 0 Å². The second kappa shape index (κ2) is 1.98. The Labute approximate surface area is 57.0 Å². The van der Waals surface area contributed by atoms with Gasteiger partial charge in [0.15, 0.2) is 0 Å². The fourth-order valence-electron chi connectivity index (χ4n) is 2.03. The number of piperidine rings is 1. The smallest absolute Gasteiger partial charge is 0.0108 e. The summed E-state index contributed by atoms with van der Waals surface area (Å²) >= 11 is 0. The number of hydrogen-bond acceptors (Lipinski definition) is 1. The highest BCUT2D eigenvalue weighted by Gasteiger charge is 2.32. The lowest BCUT2D eigenvalue weighted by atomic mass is 9.87. The summed E-state index contributed by atoms with van der Waals surface area (Å²) in [6.45, 7) is 5.13. The van der Waals surface area contributed by atoms with E-state index in [-0.39, 0.29) is 0 Å². The Bertz CT molecular complexity index is 111. The van der Waals surface area contributed by atoms with Gasteiger partial charge >= 0.3 is 0 Å². The van der Waals surface area contributed by atoms with Crippen molar-refractivity contribution in [2.24, 2.45) is 5.92 Å². The van der Waals surface area contributed by atoms with Crippen molar-refractivity contribution in [1.29, 1.82) is 0 Å². The molecule has 2 atom stereocenters. The van der Waals surface area contributed by atoms with Crippen molar-refractivity contribution in [2.45, 2.75) is 32.2 Å². The van der Waals surface area contributed by atoms with Crippen LogP contribution in [0.3, 0.4) is 0 Å². The highest BCUT2D eigenvalue weighted by atomic mass is 15.2. The topological polar surface area (TPSA) is 3.24 Å². The van der Waals surface area contributed by atoms with E-state index in [1.165, 1.54) is 32.4 Å². The van der Waals surface area contributed by atoms with Crippen molar-refractivity contribution in [3.63, 3.8) is 0 Å². The van der Waals surface area contributed by atoms with Gasteiger partial charge in [0.25, 0.3) is 0 Å². The second-order valence-corrected chi connectivity index (χ2v) is 3.62. The third kappa shape index (κ3) is 0.877. The van der Waals surface area contributed by atoms with Crippen LogP contribution in [-0.2, 0) is 0 Å². The summed E-state index contributed by atoms with van der Waals surface area (Å²) in [5, 5.41) is 0. The molecular formula is C8H15N. The van der Waals surface area contributed by atoms with E-state index in [9.17, 15) is 0 Å². The fraction of sp³-hybridized carbons (Fsp3) is 1.00. The van der Waals surface area contributed by atoms with Gasteiger partial charge in [0.2, 0.25) is 0 Å². The monoisotopic (exact) mass is 125 g/mol. The zero-order valence-electron chi connectivity index (χ0n) is 6.14. The summed E-state index contributed by atoms with van der Waals surface area (Å²) in [6.07, 6.45) is 4.43. The molecule has 2 fully saturated rings. The molecule has 9 heavy (non-hydrogen) atoms. The van der Waals surface area contributed by atoms with E-state index in [0.717, 1.165) is 12.0 Å². The van der Waals surface area contributed by atoms with Gasteiger partial charge in [-0.3, -0.25) is 0 Å². The summed E-state index contributed by atoms with van der Waals surface area (Å²) in [6, 6.07) is 1.00. The molecule has 1 nitrogen and oxygen atoms in total. The molecule has 1 heteroatoms. The molecule has 0 bridgehead atoms. The first-order chi connectivity index (χ1) is 4.36. The van der Waals surface area contributed by atoms with Crippen molar-refractivity contribution in [2.75, 3.05) is 13.1 Å². The molecule has 0 amide bonds. The molecule has 2 saturated heterocycles. The lowest BCUT2D eigenvalue weighted by molar-refractivity contribution is 0.0306. The molecule has 2 aliphatic heterocycles. The van der Waals surface area contributed by atoms with E-state index in [4.69, 9.17) is 0 Å². The van der Waals surface area contributed by atoms with E-state index < -0.39 is 0 Å². The Balaban J connectivity index is 1.92. The second-order valence-electron chi connectivity index (χ2n) is 3.62. The molecule has 0 saturated carbocycles. The molecule has 0 radical (unpaired) electrons. The van der Waals surface area contributed by atoms with E-state index in [2.05, 4.69) is 11.8 Å². The minimum absolute atomic E-state index is 0.974. The third-order valence-electron chi connectivity index (χ3n) is 2.80. The Hall–Kier alpha value is -0.0400. The molecule has 52 valence electrons. The van der Waals surface area contributed by atoms with Gasteiger partial charge in [-0.25, -0.2) is 0 Å². The molecule has 0 aromatic carbocycles. The minimum Gasteiger partial charge on any atom is -0.300 e. The van der Waals surface area contributed by atoms with Crippen LogP contribution in [0.25, 0.3) is 0 Å². The molecule has 0 aliphatic carbocycles. The Kier molecular flexibility index (Phi) is 1.26. The molecule has 0 spiro atoms. The van der Waals surface area contributed by atoms with Crippen LogP contribution >= 0.6 is 0 Å². The van der Waals surface area contributed by atoms with Gasteiger partial charge in [-0.2, -0.15) is 0 Å². The van der Waals surface area contributed by atoms with Crippen LogP contribution < -0.4 is 0 Å². The highest BCUT2D eigenvalue weighted by Crippen LogP contribution is 2.29. The van der Waals surface area contributed by atoms with E-state index >= 15 is 0 Å². The first kappa shape index (κ1) is 5.72. The van der Waals surface area contributed by atoms with Crippen molar-refractivity contribution < 1.29 is 0 Å². The first-order valence-corrected chi connectivity index (χ1v) is 4.10. The lowest BCUT2D eigenvalue weighted by Gasteiger charge is -2.46. The molecule has 2 heterocycles. The van der Waals surface area contributed by atoms with Crippen molar-refractivity contribution in [3.05, 3.63) is 0 Å². The summed E-state index contributed by atoms with van der Waals surface area (Å²) in [4.78, 5) is 2.63. The minimum atomic E-state index is 0.974.